The predicted octanol–water partition coefficient (Wildman–Crippen LogP) is 5.09. The highest BCUT2D eigenvalue weighted by atomic mass is 16.5. The topological polar surface area (TPSA) is 90.9 Å². The number of likely N-dealkylation sites (N-methyl/N-ethyl adjacent to an activating group) is 1. The van der Waals surface area contributed by atoms with Crippen molar-refractivity contribution < 1.29 is 14.3 Å². The van der Waals surface area contributed by atoms with Gasteiger partial charge in [-0.1, -0.05) is 63.6 Å². The minimum Gasteiger partial charge on any atom is -0.461 e. The van der Waals surface area contributed by atoms with Crippen LogP contribution in [0, 0.1) is 11.8 Å². The second-order valence-electron chi connectivity index (χ2n) is 12.3. The third-order valence-electron chi connectivity index (χ3n) is 9.83. The van der Waals surface area contributed by atoms with E-state index in [1.807, 2.05) is 13.8 Å². The van der Waals surface area contributed by atoms with Gasteiger partial charge in [0, 0.05) is 36.4 Å². The second kappa shape index (κ2) is 13.5. The van der Waals surface area contributed by atoms with Gasteiger partial charge in [-0.25, -0.2) is 0 Å². The van der Waals surface area contributed by atoms with Crippen LogP contribution in [0.1, 0.15) is 76.3 Å². The number of ether oxygens (including phenoxy) is 1. The summed E-state index contributed by atoms with van der Waals surface area (Å²) >= 11 is 0. The molecule has 0 spiro atoms. The monoisotopic (exact) mass is 600 g/mol. The lowest BCUT2D eigenvalue weighted by molar-refractivity contribution is -0.126. The first kappa shape index (κ1) is 31.7. The Morgan fingerprint density at radius 1 is 1.05 bits per heavy atom. The van der Waals surface area contributed by atoms with Crippen molar-refractivity contribution >= 4 is 35.5 Å². The number of aromatic nitrogens is 2. The van der Waals surface area contributed by atoms with E-state index < -0.39 is 0 Å². The van der Waals surface area contributed by atoms with Crippen LogP contribution >= 0.6 is 0 Å². The summed E-state index contributed by atoms with van der Waals surface area (Å²) in [5, 5.41) is 2.51. The van der Waals surface area contributed by atoms with Crippen LogP contribution in [-0.4, -0.2) is 72.1 Å². The van der Waals surface area contributed by atoms with Gasteiger partial charge in [0.05, 0.1) is 29.6 Å². The van der Waals surface area contributed by atoms with E-state index in [1.54, 1.807) is 0 Å². The molecule has 3 unspecified atom stereocenters. The first-order valence-electron chi connectivity index (χ1n) is 16.3. The van der Waals surface area contributed by atoms with Crippen LogP contribution in [0.2, 0.25) is 0 Å². The fourth-order valence-electron chi connectivity index (χ4n) is 7.18. The van der Waals surface area contributed by atoms with E-state index in [4.69, 9.17) is 14.7 Å². The lowest BCUT2D eigenvalue weighted by Gasteiger charge is -2.40. The first-order chi connectivity index (χ1) is 21.3. The zero-order valence-electron chi connectivity index (χ0n) is 27.2. The molecule has 1 N–H and O–H groups in total. The van der Waals surface area contributed by atoms with Crippen LogP contribution in [0.5, 0.6) is 6.01 Å². The number of hydrogen-bond acceptors (Lipinski definition) is 8. The maximum atomic E-state index is 12.5. The molecule has 3 aliphatic heterocycles. The van der Waals surface area contributed by atoms with Gasteiger partial charge in [-0.2, -0.15) is 9.97 Å². The summed E-state index contributed by atoms with van der Waals surface area (Å²) in [6.45, 7) is 14.5. The van der Waals surface area contributed by atoms with E-state index in [-0.39, 0.29) is 29.2 Å². The van der Waals surface area contributed by atoms with E-state index >= 15 is 0 Å². The molecule has 0 aliphatic carbocycles. The largest absolute Gasteiger partial charge is 0.461 e. The standard InChI is InChI=1S/C35H48N6O3/c1-7-13-24-15-12-16-30(25(24)14-8-2)40-19-17-26-29(22-40)36-34(44-23-35(10-4,18-9-3)39(6)11-5)37-31(26)41-20-27-28(21-41)33(43)38-32(27)42/h7-8,12-16,27-28H,9-11,17-23H2,1-6H3,(H,38,42,43)/b13-7-,14-8-. The molecule has 2 amide bonds. The Balaban J connectivity index is 1.52. The minimum absolute atomic E-state index is 0.112. The smallest absolute Gasteiger partial charge is 0.318 e. The van der Waals surface area contributed by atoms with E-state index in [1.165, 1.54) is 16.8 Å². The Bertz CT molecular complexity index is 1420. The molecule has 0 saturated carbocycles. The molecule has 236 valence electrons. The lowest BCUT2D eigenvalue weighted by atomic mass is 9.90. The summed E-state index contributed by atoms with van der Waals surface area (Å²) in [6, 6.07) is 6.80. The van der Waals surface area contributed by atoms with Crippen molar-refractivity contribution in [3.05, 3.63) is 52.7 Å². The molecule has 44 heavy (non-hydrogen) atoms. The van der Waals surface area contributed by atoms with Gasteiger partial charge in [-0.3, -0.25) is 19.8 Å². The second-order valence-corrected chi connectivity index (χ2v) is 12.3. The number of amides is 2. The maximum Gasteiger partial charge on any atom is 0.318 e. The number of fused-ring (bicyclic) bond motifs is 2. The quantitative estimate of drug-likeness (QED) is 0.337. The summed E-state index contributed by atoms with van der Waals surface area (Å²) in [7, 11) is 2.16. The van der Waals surface area contributed by atoms with Gasteiger partial charge in [-0.05, 0) is 58.3 Å². The van der Waals surface area contributed by atoms with Crippen LogP contribution in [0.3, 0.4) is 0 Å². The van der Waals surface area contributed by atoms with Crippen molar-refractivity contribution in [2.24, 2.45) is 11.8 Å². The normalized spacial score (nSPS) is 21.3. The Labute approximate surface area is 262 Å². The number of carbonyl (C=O) groups excluding carboxylic acids is 2. The van der Waals surface area contributed by atoms with Gasteiger partial charge in [0.15, 0.2) is 0 Å². The zero-order chi connectivity index (χ0) is 31.4. The summed E-state index contributed by atoms with van der Waals surface area (Å²) in [5.74, 6) is -0.241. The molecule has 3 aliphatic rings. The fourth-order valence-corrected chi connectivity index (χ4v) is 7.18. The number of anilines is 2. The van der Waals surface area contributed by atoms with Gasteiger partial charge >= 0.3 is 6.01 Å². The molecule has 9 heteroatoms. The summed E-state index contributed by atoms with van der Waals surface area (Å²) < 4.78 is 6.52. The van der Waals surface area contributed by atoms with Crippen LogP contribution in [-0.2, 0) is 22.6 Å². The average Bonchev–Trinajstić information content (AvgIpc) is 3.59. The number of carbonyl (C=O) groups is 2. The van der Waals surface area contributed by atoms with Gasteiger partial charge in [0.25, 0.3) is 0 Å². The average molecular weight is 601 g/mol. The number of hydrogen-bond donors (Lipinski definition) is 1. The maximum absolute atomic E-state index is 12.5. The number of benzene rings is 1. The highest BCUT2D eigenvalue weighted by Crippen LogP contribution is 2.38. The molecule has 9 nitrogen and oxygen atoms in total. The van der Waals surface area contributed by atoms with E-state index in [0.29, 0.717) is 32.3 Å². The van der Waals surface area contributed by atoms with Gasteiger partial charge < -0.3 is 14.5 Å². The molecule has 2 fully saturated rings. The van der Waals surface area contributed by atoms with E-state index in [0.717, 1.165) is 55.8 Å². The van der Waals surface area contributed by atoms with Crippen LogP contribution in [0.15, 0.2) is 30.4 Å². The predicted molar refractivity (Wildman–Crippen MR) is 177 cm³/mol. The van der Waals surface area contributed by atoms with Crippen LogP contribution in [0.4, 0.5) is 11.5 Å². The lowest BCUT2D eigenvalue weighted by Crippen LogP contribution is -2.50. The number of nitrogens with one attached hydrogen (secondary N) is 1. The third-order valence-corrected chi connectivity index (χ3v) is 9.83. The molecular formula is C35H48N6O3. The highest BCUT2D eigenvalue weighted by molar-refractivity contribution is 6.06. The highest BCUT2D eigenvalue weighted by Gasteiger charge is 2.49. The summed E-state index contributed by atoms with van der Waals surface area (Å²) in [4.78, 5) is 42.0. The Morgan fingerprint density at radius 2 is 1.77 bits per heavy atom. The zero-order valence-corrected chi connectivity index (χ0v) is 27.2. The number of rotatable bonds is 12. The summed E-state index contributed by atoms with van der Waals surface area (Å²) in [6.07, 6.45) is 12.3. The molecular weight excluding hydrogens is 552 g/mol. The van der Waals surface area contributed by atoms with Crippen molar-refractivity contribution in [1.29, 1.82) is 0 Å². The van der Waals surface area contributed by atoms with Crippen LogP contribution in [0.25, 0.3) is 12.2 Å². The molecule has 3 atom stereocenters. The van der Waals surface area contributed by atoms with Crippen molar-refractivity contribution in [2.75, 3.05) is 49.6 Å². The van der Waals surface area contributed by atoms with E-state index in [9.17, 15) is 9.59 Å². The van der Waals surface area contributed by atoms with Crippen LogP contribution < -0.4 is 19.9 Å². The van der Waals surface area contributed by atoms with Gasteiger partial charge in [-0.15, -0.1) is 0 Å². The number of allylic oxidation sites excluding steroid dienone is 2. The first-order valence-corrected chi connectivity index (χ1v) is 16.3. The molecule has 0 radical (unpaired) electrons. The molecule has 5 rings (SSSR count). The summed E-state index contributed by atoms with van der Waals surface area (Å²) in [5.41, 5.74) is 5.45. The molecule has 1 aromatic carbocycles. The molecule has 4 heterocycles. The van der Waals surface area contributed by atoms with Gasteiger partial charge in [0.2, 0.25) is 11.8 Å². The number of imide groups is 1. The minimum atomic E-state index is -0.342. The Morgan fingerprint density at radius 3 is 2.41 bits per heavy atom. The molecule has 2 aromatic rings. The SMILES string of the molecule is C/C=C\c1cccc(N2CCc3c(nc(OCC(CC)(CCC)N(C)CC)nc3N3CC4C(=O)NC(=O)C4C3)C2)c1/C=C\C. The van der Waals surface area contributed by atoms with Crippen molar-refractivity contribution in [1.82, 2.24) is 20.2 Å². The van der Waals surface area contributed by atoms with Crippen molar-refractivity contribution in [3.8, 4) is 6.01 Å². The van der Waals surface area contributed by atoms with E-state index in [2.05, 4.69) is 90.3 Å². The molecule has 0 bridgehead atoms. The van der Waals surface area contributed by atoms with Crippen molar-refractivity contribution in [2.45, 2.75) is 72.4 Å². The Hall–Kier alpha value is -3.72. The molecule has 2 saturated heterocycles. The molecule has 1 aromatic heterocycles. The third kappa shape index (κ3) is 5.99. The van der Waals surface area contributed by atoms with Crippen molar-refractivity contribution in [3.63, 3.8) is 0 Å². The van der Waals surface area contributed by atoms with Gasteiger partial charge in [0.1, 0.15) is 12.4 Å². The Kier molecular flexibility index (Phi) is 9.73. The number of nitrogens with zero attached hydrogens (tertiary/aromatic N) is 5. The fraction of sp³-hybridized carbons (Fsp3) is 0.543.